The highest BCUT2D eigenvalue weighted by atomic mass is 16.6. The highest BCUT2D eigenvalue weighted by Gasteiger charge is 2.43. The Balaban J connectivity index is 1.47. The first-order valence-electron chi connectivity index (χ1n) is 7.66. The monoisotopic (exact) mass is 317 g/mol. The molecule has 0 bridgehead atoms. The van der Waals surface area contributed by atoms with Crippen LogP contribution < -0.4 is 10.6 Å². The largest absolute Gasteiger partial charge is 0.441 e. The number of hydrogen-bond donors (Lipinski definition) is 2. The first kappa shape index (κ1) is 15.3. The Morgan fingerprint density at radius 3 is 2.52 bits per heavy atom. The summed E-state index contributed by atoms with van der Waals surface area (Å²) in [5.41, 5.74) is 0.0584. The quantitative estimate of drug-likeness (QED) is 0.851. The fraction of sp³-hybridized carbons (Fsp3) is 0.438. The topological polar surface area (TPSA) is 87.7 Å². The van der Waals surface area contributed by atoms with Crippen molar-refractivity contribution in [3.63, 3.8) is 0 Å². The molecule has 0 aromatic heterocycles. The predicted molar refractivity (Wildman–Crippen MR) is 81.8 cm³/mol. The molecule has 2 N–H and O–H groups in total. The molecule has 2 fully saturated rings. The van der Waals surface area contributed by atoms with E-state index in [1.807, 2.05) is 6.07 Å². The van der Waals surface area contributed by atoms with Crippen LogP contribution in [0.25, 0.3) is 0 Å². The van der Waals surface area contributed by atoms with Crippen molar-refractivity contribution < 1.29 is 19.1 Å². The minimum atomic E-state index is -0.471. The number of benzene rings is 1. The van der Waals surface area contributed by atoms with Gasteiger partial charge in [-0.2, -0.15) is 0 Å². The van der Waals surface area contributed by atoms with Crippen LogP contribution in [0.3, 0.4) is 0 Å². The number of piperidine rings is 1. The third-order valence-electron chi connectivity index (χ3n) is 4.33. The van der Waals surface area contributed by atoms with Gasteiger partial charge in [0, 0.05) is 31.5 Å². The van der Waals surface area contributed by atoms with Gasteiger partial charge < -0.3 is 20.3 Å². The van der Waals surface area contributed by atoms with Crippen LogP contribution in [0.1, 0.15) is 23.2 Å². The molecular weight excluding hydrogens is 298 g/mol. The lowest BCUT2D eigenvalue weighted by Crippen LogP contribution is -2.50. The normalized spacial score (nSPS) is 19.1. The number of carbonyl (C=O) groups is 3. The van der Waals surface area contributed by atoms with E-state index in [9.17, 15) is 14.4 Å². The van der Waals surface area contributed by atoms with Crippen molar-refractivity contribution in [1.29, 1.82) is 0 Å². The molecule has 122 valence electrons. The van der Waals surface area contributed by atoms with Crippen LogP contribution in [0.2, 0.25) is 0 Å². The van der Waals surface area contributed by atoms with E-state index in [0.717, 1.165) is 0 Å². The third kappa shape index (κ3) is 3.44. The molecule has 0 saturated carbocycles. The van der Waals surface area contributed by atoms with Crippen molar-refractivity contribution in [2.45, 2.75) is 18.4 Å². The molecule has 0 atom stereocenters. The molecule has 0 unspecified atom stereocenters. The van der Waals surface area contributed by atoms with Crippen molar-refractivity contribution in [2.24, 2.45) is 0 Å². The average Bonchev–Trinajstić information content (AvgIpc) is 2.94. The Bertz CT molecular complexity index is 609. The van der Waals surface area contributed by atoms with E-state index in [1.54, 1.807) is 29.2 Å². The number of rotatable bonds is 3. The van der Waals surface area contributed by atoms with Crippen LogP contribution in [-0.2, 0) is 9.53 Å². The lowest BCUT2D eigenvalue weighted by molar-refractivity contribution is -0.133. The molecule has 2 aliphatic heterocycles. The molecule has 3 amide bonds. The number of likely N-dealkylation sites (tertiary alicyclic amines) is 1. The maximum absolute atomic E-state index is 12.2. The van der Waals surface area contributed by atoms with Crippen molar-refractivity contribution in [1.82, 2.24) is 15.5 Å². The van der Waals surface area contributed by atoms with Crippen LogP contribution in [0.15, 0.2) is 30.3 Å². The van der Waals surface area contributed by atoms with Crippen LogP contribution in [0.4, 0.5) is 4.79 Å². The second-order valence-corrected chi connectivity index (χ2v) is 5.86. The summed E-state index contributed by atoms with van der Waals surface area (Å²) in [6.45, 7) is 1.52. The molecule has 2 saturated heterocycles. The van der Waals surface area contributed by atoms with E-state index in [4.69, 9.17) is 4.74 Å². The van der Waals surface area contributed by atoms with Gasteiger partial charge in [0.05, 0.1) is 13.1 Å². The van der Waals surface area contributed by atoms with E-state index in [2.05, 4.69) is 10.6 Å². The van der Waals surface area contributed by atoms with E-state index in [0.29, 0.717) is 38.0 Å². The molecule has 7 nitrogen and oxygen atoms in total. The first-order valence-corrected chi connectivity index (χ1v) is 7.66. The van der Waals surface area contributed by atoms with Crippen LogP contribution in [0.5, 0.6) is 0 Å². The van der Waals surface area contributed by atoms with Crippen molar-refractivity contribution in [3.8, 4) is 0 Å². The molecule has 23 heavy (non-hydrogen) atoms. The first-order chi connectivity index (χ1) is 11.1. The summed E-state index contributed by atoms with van der Waals surface area (Å²) in [5, 5.41) is 5.30. The molecule has 1 spiro atoms. The Morgan fingerprint density at radius 2 is 1.91 bits per heavy atom. The smallest absolute Gasteiger partial charge is 0.407 e. The fourth-order valence-corrected chi connectivity index (χ4v) is 2.90. The zero-order valence-corrected chi connectivity index (χ0v) is 12.7. The minimum Gasteiger partial charge on any atom is -0.441 e. The summed E-state index contributed by atoms with van der Waals surface area (Å²) in [5.74, 6) is -0.386. The number of ether oxygens (including phenoxy) is 1. The maximum atomic E-state index is 12.2. The lowest BCUT2D eigenvalue weighted by atomic mass is 9.91. The Morgan fingerprint density at radius 1 is 1.22 bits per heavy atom. The van der Waals surface area contributed by atoms with E-state index in [1.165, 1.54) is 0 Å². The molecule has 2 aliphatic rings. The average molecular weight is 317 g/mol. The predicted octanol–water partition coefficient (Wildman–Crippen LogP) is 0.517. The van der Waals surface area contributed by atoms with Gasteiger partial charge in [0.2, 0.25) is 5.91 Å². The zero-order valence-electron chi connectivity index (χ0n) is 12.7. The SMILES string of the molecule is O=C1NCC2(CCN(C(=O)CNC(=O)c3ccccc3)CC2)O1. The number of hydrogen-bond acceptors (Lipinski definition) is 4. The van der Waals surface area contributed by atoms with Crippen LogP contribution in [-0.4, -0.2) is 54.6 Å². The van der Waals surface area contributed by atoms with Gasteiger partial charge in [0.1, 0.15) is 5.60 Å². The standard InChI is InChI=1S/C16H19N3O4/c20-13(10-17-14(21)12-4-2-1-3-5-12)19-8-6-16(7-9-19)11-18-15(22)23-16/h1-5H,6-11H2,(H,17,21)(H,18,22). The van der Waals surface area contributed by atoms with E-state index in [-0.39, 0.29) is 24.5 Å². The summed E-state index contributed by atoms with van der Waals surface area (Å²) >= 11 is 0. The molecule has 1 aromatic rings. The van der Waals surface area contributed by atoms with Gasteiger partial charge in [-0.15, -0.1) is 0 Å². The summed E-state index contributed by atoms with van der Waals surface area (Å²) < 4.78 is 5.32. The van der Waals surface area contributed by atoms with Gasteiger partial charge in [-0.25, -0.2) is 4.79 Å². The highest BCUT2D eigenvalue weighted by Crippen LogP contribution is 2.29. The molecule has 0 radical (unpaired) electrons. The van der Waals surface area contributed by atoms with Gasteiger partial charge in [-0.1, -0.05) is 18.2 Å². The van der Waals surface area contributed by atoms with Gasteiger partial charge in [0.15, 0.2) is 0 Å². The molecule has 2 heterocycles. The number of carbonyl (C=O) groups excluding carboxylic acids is 3. The highest BCUT2D eigenvalue weighted by molar-refractivity contribution is 5.96. The Kier molecular flexibility index (Phi) is 4.18. The number of alkyl carbamates (subject to hydrolysis) is 1. The summed E-state index contributed by atoms with van der Waals surface area (Å²) in [6, 6.07) is 8.78. The molecule has 3 rings (SSSR count). The third-order valence-corrected chi connectivity index (χ3v) is 4.33. The van der Waals surface area contributed by atoms with Gasteiger partial charge in [-0.3, -0.25) is 9.59 Å². The fourth-order valence-electron chi connectivity index (χ4n) is 2.90. The molecule has 1 aromatic carbocycles. The van der Waals surface area contributed by atoms with Crippen molar-refractivity contribution in [2.75, 3.05) is 26.2 Å². The van der Waals surface area contributed by atoms with Crippen molar-refractivity contribution >= 4 is 17.9 Å². The van der Waals surface area contributed by atoms with Crippen LogP contribution >= 0.6 is 0 Å². The van der Waals surface area contributed by atoms with Crippen LogP contribution in [0, 0.1) is 0 Å². The molecular formula is C16H19N3O4. The van der Waals surface area contributed by atoms with Gasteiger partial charge in [0.25, 0.3) is 5.91 Å². The summed E-state index contributed by atoms with van der Waals surface area (Å²) in [4.78, 5) is 37.0. The second-order valence-electron chi connectivity index (χ2n) is 5.86. The summed E-state index contributed by atoms with van der Waals surface area (Å²) in [6.07, 6.45) is 0.841. The lowest BCUT2D eigenvalue weighted by Gasteiger charge is -2.37. The zero-order chi connectivity index (χ0) is 16.3. The van der Waals surface area contributed by atoms with Crippen molar-refractivity contribution in [3.05, 3.63) is 35.9 Å². The number of nitrogens with zero attached hydrogens (tertiary/aromatic N) is 1. The Hall–Kier alpha value is -2.57. The summed E-state index contributed by atoms with van der Waals surface area (Å²) in [7, 11) is 0. The number of amides is 3. The van der Waals surface area contributed by atoms with Gasteiger partial charge in [-0.05, 0) is 12.1 Å². The molecule has 7 heteroatoms. The van der Waals surface area contributed by atoms with Gasteiger partial charge >= 0.3 is 6.09 Å². The Labute approximate surface area is 134 Å². The maximum Gasteiger partial charge on any atom is 0.407 e. The minimum absolute atomic E-state index is 0.0290. The number of nitrogens with one attached hydrogen (secondary N) is 2. The molecule has 0 aliphatic carbocycles. The van der Waals surface area contributed by atoms with E-state index >= 15 is 0 Å². The van der Waals surface area contributed by atoms with E-state index < -0.39 is 5.60 Å². The second kappa shape index (κ2) is 6.28.